The molecule has 0 spiro atoms. The van der Waals surface area contributed by atoms with Crippen molar-refractivity contribution in [3.63, 3.8) is 0 Å². The van der Waals surface area contributed by atoms with Gasteiger partial charge in [-0.2, -0.15) is 0 Å². The fourth-order valence-electron chi connectivity index (χ4n) is 6.34. The number of amides is 4. The molecule has 0 aliphatic carbocycles. The van der Waals surface area contributed by atoms with Gasteiger partial charge in [-0.15, -0.1) is 0 Å². The molecule has 2 aliphatic heterocycles. The number of aryl methyl sites for hydroxylation is 1. The molecule has 0 saturated carbocycles. The van der Waals surface area contributed by atoms with Crippen molar-refractivity contribution in [3.05, 3.63) is 71.8 Å². The lowest BCUT2D eigenvalue weighted by Gasteiger charge is -2.38. The number of nitrogens with zero attached hydrogens (tertiary/aromatic N) is 2. The van der Waals surface area contributed by atoms with Crippen molar-refractivity contribution in [2.75, 3.05) is 6.54 Å². The van der Waals surface area contributed by atoms with E-state index < -0.39 is 42.0 Å². The van der Waals surface area contributed by atoms with Crippen LogP contribution in [0, 0.1) is 0 Å². The maximum Gasteiger partial charge on any atom is 0.305 e. The van der Waals surface area contributed by atoms with Gasteiger partial charge in [0.1, 0.15) is 18.1 Å². The first kappa shape index (κ1) is 34.9. The number of hydrogen-bond acceptors (Lipinski definition) is 6. The molecule has 2 aromatic carbocycles. The van der Waals surface area contributed by atoms with Gasteiger partial charge in [-0.3, -0.25) is 29.0 Å². The summed E-state index contributed by atoms with van der Waals surface area (Å²) in [5.41, 5.74) is 12.7. The lowest BCUT2D eigenvalue weighted by Crippen LogP contribution is -2.60. The first-order chi connectivity index (χ1) is 22.6. The molecule has 2 heterocycles. The van der Waals surface area contributed by atoms with Gasteiger partial charge in [0.05, 0.1) is 12.8 Å². The summed E-state index contributed by atoms with van der Waals surface area (Å²) in [6.45, 7) is 0.231. The summed E-state index contributed by atoms with van der Waals surface area (Å²) < 4.78 is 0. The normalized spacial score (nSPS) is 20.0. The number of aliphatic imine (C=N–C) groups is 1. The monoisotopic (exact) mass is 647 g/mol. The van der Waals surface area contributed by atoms with Crippen molar-refractivity contribution in [2.24, 2.45) is 16.5 Å². The second kappa shape index (κ2) is 17.1. The van der Waals surface area contributed by atoms with Crippen LogP contribution in [0.2, 0.25) is 0 Å². The molecule has 0 radical (unpaired) electrons. The highest BCUT2D eigenvalue weighted by atomic mass is 16.4. The molecule has 13 heteroatoms. The van der Waals surface area contributed by atoms with E-state index in [1.54, 1.807) is 4.90 Å². The van der Waals surface area contributed by atoms with Crippen LogP contribution >= 0.6 is 0 Å². The number of fused-ring (bicyclic) bond motifs is 1. The topological polar surface area (TPSA) is 209 Å². The van der Waals surface area contributed by atoms with E-state index in [0.717, 1.165) is 11.1 Å². The van der Waals surface area contributed by atoms with Crippen LogP contribution in [0.5, 0.6) is 0 Å². The zero-order chi connectivity index (χ0) is 33.8. The van der Waals surface area contributed by atoms with Gasteiger partial charge in [0.25, 0.3) is 0 Å². The number of rotatable bonds is 16. The Hall–Kier alpha value is -4.94. The molecule has 47 heavy (non-hydrogen) atoms. The Balaban J connectivity index is 1.41. The van der Waals surface area contributed by atoms with Crippen molar-refractivity contribution < 1.29 is 29.1 Å². The lowest BCUT2D eigenvalue weighted by atomic mass is 9.97. The number of carbonyl (C=O) groups is 5. The molecule has 2 aromatic rings. The molecule has 2 fully saturated rings. The van der Waals surface area contributed by atoms with E-state index >= 15 is 0 Å². The number of carboxylic acid groups (broad SMARTS) is 1. The number of carbonyl (C=O) groups excluding carboxylic acids is 4. The van der Waals surface area contributed by atoms with E-state index in [-0.39, 0.29) is 49.6 Å². The number of piperidine rings is 1. The van der Waals surface area contributed by atoms with E-state index in [9.17, 15) is 29.1 Å². The highest BCUT2D eigenvalue weighted by Gasteiger charge is 2.46. The summed E-state index contributed by atoms with van der Waals surface area (Å²) in [6.07, 6.45) is 3.56. The molecule has 8 N–H and O–H groups in total. The van der Waals surface area contributed by atoms with Crippen molar-refractivity contribution in [1.82, 2.24) is 20.9 Å². The Bertz CT molecular complexity index is 1420. The highest BCUT2D eigenvalue weighted by molar-refractivity contribution is 5.95. The third-order valence-corrected chi connectivity index (χ3v) is 8.66. The third kappa shape index (κ3) is 10.5. The minimum absolute atomic E-state index is 0.0940. The number of nitrogens with one attached hydrogen (secondary N) is 3. The van der Waals surface area contributed by atoms with Crippen LogP contribution in [-0.2, 0) is 36.8 Å². The van der Waals surface area contributed by atoms with Crippen LogP contribution in [0.15, 0.2) is 65.7 Å². The Morgan fingerprint density at radius 1 is 0.894 bits per heavy atom. The van der Waals surface area contributed by atoms with Gasteiger partial charge in [-0.1, -0.05) is 60.7 Å². The number of carboxylic acids is 1. The summed E-state index contributed by atoms with van der Waals surface area (Å²) in [4.78, 5) is 70.8. The molecule has 4 rings (SSSR count). The van der Waals surface area contributed by atoms with Crippen LogP contribution in [0.3, 0.4) is 0 Å². The number of guanidine groups is 1. The Morgan fingerprint density at radius 2 is 1.55 bits per heavy atom. The molecule has 2 saturated heterocycles. The predicted octanol–water partition coefficient (Wildman–Crippen LogP) is 0.998. The van der Waals surface area contributed by atoms with E-state index in [1.165, 1.54) is 0 Å². The van der Waals surface area contributed by atoms with Gasteiger partial charge in [-0.25, -0.2) is 0 Å². The summed E-state index contributed by atoms with van der Waals surface area (Å²) in [7, 11) is 0. The maximum absolute atomic E-state index is 13.7. The highest BCUT2D eigenvalue weighted by Crippen LogP contribution is 2.33. The van der Waals surface area contributed by atoms with E-state index in [4.69, 9.17) is 11.5 Å². The SMILES string of the molecule is NC(N)=NCCC[C@H](NC(=O)[C@@H]1CC[C@@H]2CC[C@H](NC(=O)Cc3ccccc3)C(=O)N21)C(=O)N[C@H](CCc1ccccc1)CC(=O)O. The van der Waals surface area contributed by atoms with Crippen LogP contribution < -0.4 is 27.4 Å². The summed E-state index contributed by atoms with van der Waals surface area (Å²) in [5.74, 6) is -2.72. The Morgan fingerprint density at radius 3 is 2.21 bits per heavy atom. The van der Waals surface area contributed by atoms with E-state index in [1.807, 2.05) is 60.7 Å². The van der Waals surface area contributed by atoms with Gasteiger partial charge in [-0.05, 0) is 62.5 Å². The Labute approximate surface area is 274 Å². The van der Waals surface area contributed by atoms with Crippen LogP contribution in [-0.4, -0.2) is 82.3 Å². The number of nitrogens with two attached hydrogens (primary N) is 2. The van der Waals surface area contributed by atoms with Gasteiger partial charge in [0, 0.05) is 18.6 Å². The quantitative estimate of drug-likeness (QED) is 0.0877. The van der Waals surface area contributed by atoms with Gasteiger partial charge in [0.2, 0.25) is 23.6 Å². The first-order valence-electron chi connectivity index (χ1n) is 16.2. The van der Waals surface area contributed by atoms with Crippen molar-refractivity contribution >= 4 is 35.6 Å². The standard InChI is InChI=1S/C34H45N7O6/c35-34(36)37-19-7-12-26(31(45)38-24(21-30(43)44)14-13-22-8-3-1-4-9-22)40-32(46)28-18-16-25-15-17-27(33(47)41(25)28)39-29(42)20-23-10-5-2-6-11-23/h1-6,8-11,24-28H,7,12-21H2,(H,38,45)(H,39,42)(H,40,46)(H,43,44)(H4,35,36,37)/t24-,25+,26+,27+,28+/m1/s1. The molecule has 5 atom stereocenters. The largest absolute Gasteiger partial charge is 0.481 e. The maximum atomic E-state index is 13.7. The van der Waals surface area contributed by atoms with Crippen molar-refractivity contribution in [2.45, 2.75) is 94.4 Å². The van der Waals surface area contributed by atoms with Crippen LogP contribution in [0.1, 0.15) is 62.5 Å². The van der Waals surface area contributed by atoms with Gasteiger partial charge >= 0.3 is 5.97 Å². The van der Waals surface area contributed by atoms with Crippen LogP contribution in [0.25, 0.3) is 0 Å². The lowest BCUT2D eigenvalue weighted by molar-refractivity contribution is -0.146. The van der Waals surface area contributed by atoms with Gasteiger partial charge in [0.15, 0.2) is 5.96 Å². The summed E-state index contributed by atoms with van der Waals surface area (Å²) in [5, 5.41) is 18.0. The Kier molecular flexibility index (Phi) is 12.7. The second-order valence-electron chi connectivity index (χ2n) is 12.2. The summed E-state index contributed by atoms with van der Waals surface area (Å²) >= 11 is 0. The number of hydrogen-bond donors (Lipinski definition) is 6. The smallest absolute Gasteiger partial charge is 0.305 e. The first-order valence-corrected chi connectivity index (χ1v) is 16.2. The molecule has 2 aliphatic rings. The molecule has 4 amide bonds. The van der Waals surface area contributed by atoms with E-state index in [2.05, 4.69) is 20.9 Å². The zero-order valence-corrected chi connectivity index (χ0v) is 26.5. The molecule has 13 nitrogen and oxygen atoms in total. The second-order valence-corrected chi connectivity index (χ2v) is 12.2. The fraction of sp³-hybridized carbons (Fsp3) is 0.471. The number of benzene rings is 2. The molecule has 0 bridgehead atoms. The van der Waals surface area contributed by atoms with Crippen LogP contribution in [0.4, 0.5) is 0 Å². The number of aliphatic carboxylic acids is 1. The zero-order valence-electron chi connectivity index (χ0n) is 26.5. The molecule has 252 valence electrons. The van der Waals surface area contributed by atoms with Gasteiger partial charge < -0.3 is 37.4 Å². The molecule has 0 unspecified atom stereocenters. The third-order valence-electron chi connectivity index (χ3n) is 8.66. The molecule has 0 aromatic heterocycles. The van der Waals surface area contributed by atoms with Crippen molar-refractivity contribution in [1.29, 1.82) is 0 Å². The van der Waals surface area contributed by atoms with Crippen molar-refractivity contribution in [3.8, 4) is 0 Å². The minimum atomic E-state index is -1.05. The average Bonchev–Trinajstić information content (AvgIpc) is 3.48. The molecular formula is C34H45N7O6. The average molecular weight is 648 g/mol. The fourth-order valence-corrected chi connectivity index (χ4v) is 6.34. The molecular weight excluding hydrogens is 602 g/mol. The predicted molar refractivity (Wildman–Crippen MR) is 176 cm³/mol. The van der Waals surface area contributed by atoms with E-state index in [0.29, 0.717) is 44.9 Å². The minimum Gasteiger partial charge on any atom is -0.481 e. The summed E-state index contributed by atoms with van der Waals surface area (Å²) in [6, 6.07) is 15.4.